The van der Waals surface area contributed by atoms with E-state index in [4.69, 9.17) is 4.74 Å². The predicted molar refractivity (Wildman–Crippen MR) is 92.7 cm³/mol. The fourth-order valence-electron chi connectivity index (χ4n) is 2.00. The minimum atomic E-state index is -0.273. The molecule has 0 radical (unpaired) electrons. The van der Waals surface area contributed by atoms with Crippen molar-refractivity contribution in [3.05, 3.63) is 85.0 Å². The van der Waals surface area contributed by atoms with Gasteiger partial charge in [0.1, 0.15) is 11.4 Å². The van der Waals surface area contributed by atoms with Crippen LogP contribution in [-0.4, -0.2) is 15.9 Å². The molecular formula is C19H15N3O2. The highest BCUT2D eigenvalue weighted by atomic mass is 16.5. The molecule has 0 aliphatic heterocycles. The van der Waals surface area contributed by atoms with Crippen molar-refractivity contribution in [2.75, 3.05) is 5.32 Å². The molecule has 0 spiro atoms. The van der Waals surface area contributed by atoms with Crippen molar-refractivity contribution in [2.24, 2.45) is 0 Å². The Balaban J connectivity index is 1.71. The normalized spacial score (nSPS) is 10.5. The number of nitrogens with zero attached hydrogens (tertiary/aromatic N) is 2. The number of rotatable bonds is 5. The number of pyridine rings is 2. The van der Waals surface area contributed by atoms with Gasteiger partial charge < -0.3 is 10.1 Å². The third kappa shape index (κ3) is 4.27. The van der Waals surface area contributed by atoms with Crippen molar-refractivity contribution in [3.63, 3.8) is 0 Å². The zero-order chi connectivity index (χ0) is 16.6. The Hall–Kier alpha value is -3.47. The lowest BCUT2D eigenvalue weighted by Gasteiger charge is -2.10. The molecule has 2 aromatic heterocycles. The van der Waals surface area contributed by atoms with Crippen LogP contribution < -0.4 is 10.1 Å². The molecule has 5 nitrogen and oxygen atoms in total. The van der Waals surface area contributed by atoms with Crippen LogP contribution in [0.15, 0.2) is 79.4 Å². The lowest BCUT2D eigenvalue weighted by Crippen LogP contribution is -2.09. The first-order valence-corrected chi connectivity index (χ1v) is 7.37. The van der Waals surface area contributed by atoms with Gasteiger partial charge in [-0.2, -0.15) is 0 Å². The van der Waals surface area contributed by atoms with Crippen LogP contribution in [-0.2, 0) is 4.79 Å². The summed E-state index contributed by atoms with van der Waals surface area (Å²) in [6, 6.07) is 14.7. The predicted octanol–water partition coefficient (Wildman–Crippen LogP) is 3.92. The second kappa shape index (κ2) is 7.69. The smallest absolute Gasteiger partial charge is 0.248 e. The molecule has 0 unspecified atom stereocenters. The number of anilines is 1. The first kappa shape index (κ1) is 15.4. The summed E-state index contributed by atoms with van der Waals surface area (Å²) in [4.78, 5) is 20.1. The number of hydrogen-bond acceptors (Lipinski definition) is 4. The number of para-hydroxylation sites is 1. The van der Waals surface area contributed by atoms with Gasteiger partial charge in [0.05, 0.1) is 6.20 Å². The van der Waals surface area contributed by atoms with Crippen molar-refractivity contribution in [3.8, 4) is 11.5 Å². The molecule has 3 aromatic rings. The Morgan fingerprint density at radius 3 is 2.58 bits per heavy atom. The third-order valence-corrected chi connectivity index (χ3v) is 3.12. The van der Waals surface area contributed by atoms with Gasteiger partial charge in [0.15, 0.2) is 5.75 Å². The second-order valence-corrected chi connectivity index (χ2v) is 4.90. The van der Waals surface area contributed by atoms with Gasteiger partial charge in [-0.25, -0.2) is 0 Å². The Kier molecular flexibility index (Phi) is 4.94. The summed E-state index contributed by atoms with van der Waals surface area (Å²) in [6.45, 7) is 0. The van der Waals surface area contributed by atoms with Crippen LogP contribution in [0.4, 0.5) is 5.69 Å². The zero-order valence-corrected chi connectivity index (χ0v) is 12.8. The summed E-state index contributed by atoms with van der Waals surface area (Å²) in [7, 11) is 0. The van der Waals surface area contributed by atoms with Crippen LogP contribution >= 0.6 is 0 Å². The van der Waals surface area contributed by atoms with E-state index in [0.717, 1.165) is 5.56 Å². The van der Waals surface area contributed by atoms with Gasteiger partial charge in [0.2, 0.25) is 5.91 Å². The Labute approximate surface area is 139 Å². The van der Waals surface area contributed by atoms with Crippen molar-refractivity contribution in [1.82, 2.24) is 9.97 Å². The minimum Gasteiger partial charge on any atom is -0.455 e. The van der Waals surface area contributed by atoms with Gasteiger partial charge in [-0.15, -0.1) is 0 Å². The first-order chi connectivity index (χ1) is 11.8. The summed E-state index contributed by atoms with van der Waals surface area (Å²) in [6.07, 6.45) is 9.65. The molecule has 24 heavy (non-hydrogen) atoms. The SMILES string of the molecule is O=C(/C=C/c1cccnc1)Nc1cnccc1Oc1ccccc1. The van der Waals surface area contributed by atoms with E-state index in [0.29, 0.717) is 17.2 Å². The lowest BCUT2D eigenvalue weighted by molar-refractivity contribution is -0.111. The third-order valence-electron chi connectivity index (χ3n) is 3.12. The minimum absolute atomic E-state index is 0.273. The van der Waals surface area contributed by atoms with Crippen molar-refractivity contribution >= 4 is 17.7 Å². The highest BCUT2D eigenvalue weighted by molar-refractivity contribution is 6.02. The Morgan fingerprint density at radius 2 is 1.79 bits per heavy atom. The van der Waals surface area contributed by atoms with Crippen LogP contribution in [0.1, 0.15) is 5.56 Å². The van der Waals surface area contributed by atoms with Gasteiger partial charge in [-0.05, 0) is 29.8 Å². The molecule has 0 saturated carbocycles. The Morgan fingerprint density at radius 1 is 0.958 bits per heavy atom. The second-order valence-electron chi connectivity index (χ2n) is 4.90. The molecular weight excluding hydrogens is 302 g/mol. The number of aromatic nitrogens is 2. The van der Waals surface area contributed by atoms with E-state index >= 15 is 0 Å². The maximum Gasteiger partial charge on any atom is 0.248 e. The van der Waals surface area contributed by atoms with Gasteiger partial charge in [0.25, 0.3) is 0 Å². The van der Waals surface area contributed by atoms with Crippen LogP contribution in [0.2, 0.25) is 0 Å². The van der Waals surface area contributed by atoms with Crippen LogP contribution in [0.25, 0.3) is 6.08 Å². The van der Waals surface area contributed by atoms with Gasteiger partial charge in [0, 0.05) is 30.7 Å². The van der Waals surface area contributed by atoms with Crippen LogP contribution in [0, 0.1) is 0 Å². The highest BCUT2D eigenvalue weighted by Gasteiger charge is 2.07. The molecule has 1 N–H and O–H groups in total. The number of carbonyl (C=O) groups excluding carboxylic acids is 1. The number of amides is 1. The molecule has 0 aliphatic carbocycles. The summed E-state index contributed by atoms with van der Waals surface area (Å²) < 4.78 is 5.78. The summed E-state index contributed by atoms with van der Waals surface area (Å²) in [5.41, 5.74) is 1.35. The average molecular weight is 317 g/mol. The monoisotopic (exact) mass is 317 g/mol. The quantitative estimate of drug-likeness (QED) is 0.724. The van der Waals surface area contributed by atoms with E-state index in [1.54, 1.807) is 36.9 Å². The number of nitrogens with one attached hydrogen (secondary N) is 1. The molecule has 3 rings (SSSR count). The maximum atomic E-state index is 12.1. The van der Waals surface area contributed by atoms with Gasteiger partial charge in [-0.3, -0.25) is 14.8 Å². The largest absolute Gasteiger partial charge is 0.455 e. The van der Waals surface area contributed by atoms with E-state index in [9.17, 15) is 4.79 Å². The summed E-state index contributed by atoms with van der Waals surface area (Å²) in [5.74, 6) is 0.939. The van der Waals surface area contributed by atoms with Crippen molar-refractivity contribution < 1.29 is 9.53 Å². The van der Waals surface area contributed by atoms with Crippen molar-refractivity contribution in [1.29, 1.82) is 0 Å². The molecule has 1 amide bonds. The van der Waals surface area contributed by atoms with Crippen LogP contribution in [0.3, 0.4) is 0 Å². The topological polar surface area (TPSA) is 64.1 Å². The van der Waals surface area contributed by atoms with E-state index in [1.165, 1.54) is 6.08 Å². The highest BCUT2D eigenvalue weighted by Crippen LogP contribution is 2.28. The molecule has 2 heterocycles. The summed E-state index contributed by atoms with van der Waals surface area (Å²) >= 11 is 0. The average Bonchev–Trinajstić information content (AvgIpc) is 2.63. The molecule has 0 saturated heterocycles. The fraction of sp³-hybridized carbons (Fsp3) is 0. The molecule has 1 aromatic carbocycles. The zero-order valence-electron chi connectivity index (χ0n) is 12.8. The molecule has 118 valence electrons. The fourth-order valence-corrected chi connectivity index (χ4v) is 2.00. The first-order valence-electron chi connectivity index (χ1n) is 7.37. The van der Waals surface area contributed by atoms with E-state index in [-0.39, 0.29) is 5.91 Å². The number of hydrogen-bond donors (Lipinski definition) is 1. The van der Waals surface area contributed by atoms with Gasteiger partial charge in [-0.1, -0.05) is 24.3 Å². The molecule has 0 aliphatic rings. The Bertz CT molecular complexity index is 834. The maximum absolute atomic E-state index is 12.1. The summed E-state index contributed by atoms with van der Waals surface area (Å²) in [5, 5.41) is 2.77. The van der Waals surface area contributed by atoms with E-state index < -0.39 is 0 Å². The number of ether oxygens (including phenoxy) is 1. The number of benzene rings is 1. The van der Waals surface area contributed by atoms with Crippen molar-refractivity contribution in [2.45, 2.75) is 0 Å². The van der Waals surface area contributed by atoms with E-state index in [2.05, 4.69) is 15.3 Å². The standard InChI is InChI=1S/C19H15N3O2/c23-19(9-8-15-5-4-11-20-13-15)22-17-14-21-12-10-18(17)24-16-6-2-1-3-7-16/h1-14H,(H,22,23)/b9-8+. The number of carbonyl (C=O) groups is 1. The molecule has 0 bridgehead atoms. The lowest BCUT2D eigenvalue weighted by atomic mass is 10.2. The van der Waals surface area contributed by atoms with E-state index in [1.807, 2.05) is 42.5 Å². The van der Waals surface area contributed by atoms with Crippen LogP contribution in [0.5, 0.6) is 11.5 Å². The molecule has 5 heteroatoms. The molecule has 0 fully saturated rings. The molecule has 0 atom stereocenters. The van der Waals surface area contributed by atoms with Gasteiger partial charge >= 0.3 is 0 Å².